The van der Waals surface area contributed by atoms with E-state index in [4.69, 9.17) is 22.4 Å². The third-order valence-electron chi connectivity index (χ3n) is 1.57. The molecule has 0 saturated heterocycles. The van der Waals surface area contributed by atoms with Crippen molar-refractivity contribution in [2.45, 2.75) is 13.0 Å². The summed E-state index contributed by atoms with van der Waals surface area (Å²) in [7, 11) is 0. The summed E-state index contributed by atoms with van der Waals surface area (Å²) in [5.41, 5.74) is 5.85. The maximum atomic E-state index is 13.0. The molecule has 0 fully saturated rings. The molecule has 0 aliphatic carbocycles. The highest BCUT2D eigenvalue weighted by Gasteiger charge is 2.10. The molecule has 1 atom stereocenters. The van der Waals surface area contributed by atoms with Gasteiger partial charge in [0.1, 0.15) is 5.82 Å². The van der Waals surface area contributed by atoms with Crippen LogP contribution in [0, 0.1) is 5.82 Å². The minimum atomic E-state index is -0.871. The average molecular weight is 190 g/mol. The third-order valence-corrected chi connectivity index (χ3v) is 1.89. The summed E-state index contributed by atoms with van der Waals surface area (Å²) in [4.78, 5) is 0. The molecule has 66 valence electrons. The summed E-state index contributed by atoms with van der Waals surface area (Å²) in [6.07, 6.45) is -0.871. The maximum absolute atomic E-state index is 13.0. The maximum Gasteiger partial charge on any atom is 0.130 e. The monoisotopic (exact) mass is 189 g/mol. The summed E-state index contributed by atoms with van der Waals surface area (Å²) in [5.74, 6) is -0.538. The average Bonchev–Trinajstić information content (AvgIpc) is 1.96. The molecule has 4 heteroatoms. The highest BCUT2D eigenvalue weighted by Crippen LogP contribution is 2.26. The molecule has 1 rings (SSSR count). The van der Waals surface area contributed by atoms with Crippen LogP contribution >= 0.6 is 11.6 Å². The molecular formula is C8H9ClFNO. The van der Waals surface area contributed by atoms with E-state index in [1.165, 1.54) is 13.0 Å². The van der Waals surface area contributed by atoms with Gasteiger partial charge in [-0.1, -0.05) is 11.6 Å². The van der Waals surface area contributed by atoms with Crippen molar-refractivity contribution in [1.82, 2.24) is 0 Å². The van der Waals surface area contributed by atoms with E-state index in [-0.39, 0.29) is 16.3 Å². The lowest BCUT2D eigenvalue weighted by Gasteiger charge is -2.07. The van der Waals surface area contributed by atoms with Crippen molar-refractivity contribution >= 4 is 17.3 Å². The molecule has 0 aromatic heterocycles. The Morgan fingerprint density at radius 3 is 2.67 bits per heavy atom. The molecule has 0 radical (unpaired) electrons. The Labute approximate surface area is 74.8 Å². The summed E-state index contributed by atoms with van der Waals surface area (Å²) in [5, 5.41) is 9.25. The summed E-state index contributed by atoms with van der Waals surface area (Å²) in [6.45, 7) is 1.46. The Balaban J connectivity index is 3.23. The summed E-state index contributed by atoms with van der Waals surface area (Å²) >= 11 is 5.54. The molecule has 0 bridgehead atoms. The summed E-state index contributed by atoms with van der Waals surface area (Å²) in [6, 6.07) is 2.43. The Kier molecular flexibility index (Phi) is 2.55. The van der Waals surface area contributed by atoms with Crippen molar-refractivity contribution in [3.05, 3.63) is 28.5 Å². The molecule has 1 aromatic carbocycles. The first-order chi connectivity index (χ1) is 5.52. The fraction of sp³-hybridized carbons (Fsp3) is 0.250. The molecule has 3 N–H and O–H groups in total. The van der Waals surface area contributed by atoms with Crippen molar-refractivity contribution in [2.75, 3.05) is 5.73 Å². The number of nitrogen functional groups attached to an aromatic ring is 1. The van der Waals surface area contributed by atoms with Crippen LogP contribution in [0.15, 0.2) is 12.1 Å². The lowest BCUT2D eigenvalue weighted by molar-refractivity contribution is 0.194. The van der Waals surface area contributed by atoms with Gasteiger partial charge in [0.25, 0.3) is 0 Å². The number of hydrogen-bond donors (Lipinski definition) is 2. The van der Waals surface area contributed by atoms with Crippen LogP contribution in [0.2, 0.25) is 5.02 Å². The van der Waals surface area contributed by atoms with Gasteiger partial charge in [0, 0.05) is 5.56 Å². The van der Waals surface area contributed by atoms with Crippen LogP contribution in [-0.2, 0) is 0 Å². The fourth-order valence-corrected chi connectivity index (χ4v) is 1.05. The van der Waals surface area contributed by atoms with Crippen LogP contribution in [0.1, 0.15) is 18.6 Å². The molecule has 12 heavy (non-hydrogen) atoms. The zero-order chi connectivity index (χ0) is 9.30. The van der Waals surface area contributed by atoms with Crippen molar-refractivity contribution in [3.63, 3.8) is 0 Å². The molecule has 0 heterocycles. The minimum Gasteiger partial charge on any atom is -0.398 e. The van der Waals surface area contributed by atoms with Gasteiger partial charge in [-0.3, -0.25) is 0 Å². The second-order valence-corrected chi connectivity index (χ2v) is 2.98. The van der Waals surface area contributed by atoms with E-state index in [0.29, 0.717) is 0 Å². The molecule has 0 saturated carbocycles. The quantitative estimate of drug-likeness (QED) is 0.665. The van der Waals surface area contributed by atoms with Crippen molar-refractivity contribution in [3.8, 4) is 0 Å². The lowest BCUT2D eigenvalue weighted by atomic mass is 10.1. The van der Waals surface area contributed by atoms with Crippen LogP contribution in [0.3, 0.4) is 0 Å². The smallest absolute Gasteiger partial charge is 0.130 e. The minimum absolute atomic E-state index is 0.164. The van der Waals surface area contributed by atoms with Crippen LogP contribution in [-0.4, -0.2) is 5.11 Å². The van der Waals surface area contributed by atoms with Gasteiger partial charge >= 0.3 is 0 Å². The van der Waals surface area contributed by atoms with Gasteiger partial charge in [0.2, 0.25) is 0 Å². The molecule has 1 unspecified atom stereocenters. The molecule has 0 spiro atoms. The Hall–Kier alpha value is -0.800. The molecule has 0 amide bonds. The third kappa shape index (κ3) is 1.68. The van der Waals surface area contributed by atoms with E-state index in [9.17, 15) is 4.39 Å². The van der Waals surface area contributed by atoms with Crippen LogP contribution in [0.4, 0.5) is 10.1 Å². The summed E-state index contributed by atoms with van der Waals surface area (Å²) < 4.78 is 13.0. The number of aliphatic hydroxyl groups is 1. The first kappa shape index (κ1) is 9.29. The molecule has 1 aromatic rings. The zero-order valence-electron chi connectivity index (χ0n) is 6.51. The number of hydrogen-bond acceptors (Lipinski definition) is 2. The van der Waals surface area contributed by atoms with E-state index in [2.05, 4.69) is 0 Å². The topological polar surface area (TPSA) is 46.2 Å². The van der Waals surface area contributed by atoms with E-state index in [1.807, 2.05) is 0 Å². The van der Waals surface area contributed by atoms with Gasteiger partial charge in [0.05, 0.1) is 16.8 Å². The van der Waals surface area contributed by atoms with Crippen LogP contribution < -0.4 is 5.73 Å². The second-order valence-electron chi connectivity index (χ2n) is 2.57. The van der Waals surface area contributed by atoms with Crippen molar-refractivity contribution in [1.29, 1.82) is 0 Å². The van der Waals surface area contributed by atoms with E-state index in [1.54, 1.807) is 0 Å². The number of rotatable bonds is 1. The van der Waals surface area contributed by atoms with Gasteiger partial charge in [0.15, 0.2) is 0 Å². The highest BCUT2D eigenvalue weighted by atomic mass is 35.5. The normalized spacial score (nSPS) is 13.0. The Morgan fingerprint density at radius 2 is 2.17 bits per heavy atom. The standard InChI is InChI=1S/C8H9ClFNO/c1-4(12)5-2-8(11)6(9)3-7(5)10/h2-4,12H,11H2,1H3. The number of aliphatic hydroxyl groups excluding tert-OH is 1. The number of halogens is 2. The van der Waals surface area contributed by atoms with Crippen LogP contribution in [0.5, 0.6) is 0 Å². The Morgan fingerprint density at radius 1 is 1.58 bits per heavy atom. The van der Waals surface area contributed by atoms with E-state index < -0.39 is 11.9 Å². The predicted molar refractivity (Wildman–Crippen MR) is 46.5 cm³/mol. The highest BCUT2D eigenvalue weighted by molar-refractivity contribution is 6.33. The van der Waals surface area contributed by atoms with Gasteiger partial charge in [-0.05, 0) is 19.1 Å². The predicted octanol–water partition coefficient (Wildman–Crippen LogP) is 2.11. The van der Waals surface area contributed by atoms with E-state index in [0.717, 1.165) is 6.07 Å². The Bertz CT molecular complexity index is 301. The van der Waals surface area contributed by atoms with Gasteiger partial charge in [-0.25, -0.2) is 4.39 Å². The number of benzene rings is 1. The van der Waals surface area contributed by atoms with Gasteiger partial charge in [-0.15, -0.1) is 0 Å². The molecule has 0 aliphatic heterocycles. The second kappa shape index (κ2) is 3.29. The van der Waals surface area contributed by atoms with Crippen molar-refractivity contribution < 1.29 is 9.50 Å². The SMILES string of the molecule is CC(O)c1cc(N)c(Cl)cc1F. The number of anilines is 1. The fourth-order valence-electron chi connectivity index (χ4n) is 0.903. The van der Waals surface area contributed by atoms with Gasteiger partial charge < -0.3 is 10.8 Å². The largest absolute Gasteiger partial charge is 0.398 e. The first-order valence-corrected chi connectivity index (χ1v) is 3.82. The first-order valence-electron chi connectivity index (χ1n) is 3.45. The van der Waals surface area contributed by atoms with Crippen LogP contribution in [0.25, 0.3) is 0 Å². The van der Waals surface area contributed by atoms with Gasteiger partial charge in [-0.2, -0.15) is 0 Å². The van der Waals surface area contributed by atoms with Crippen molar-refractivity contribution in [2.24, 2.45) is 0 Å². The molecule has 2 nitrogen and oxygen atoms in total. The zero-order valence-corrected chi connectivity index (χ0v) is 7.27. The van der Waals surface area contributed by atoms with E-state index >= 15 is 0 Å². The molecular weight excluding hydrogens is 181 g/mol. The number of nitrogens with two attached hydrogens (primary N) is 1. The lowest BCUT2D eigenvalue weighted by Crippen LogP contribution is -1.98. The molecule has 0 aliphatic rings.